The van der Waals surface area contributed by atoms with E-state index in [1.54, 1.807) is 6.20 Å². The van der Waals surface area contributed by atoms with Crippen molar-refractivity contribution in [2.75, 3.05) is 0 Å². The molecule has 0 aliphatic heterocycles. The SMILES string of the molecule is [Al][c]1cccnc1Cl. The van der Waals surface area contributed by atoms with Crippen LogP contribution < -0.4 is 4.43 Å². The number of rotatable bonds is 0. The first-order valence-electron chi connectivity index (χ1n) is 2.16. The highest BCUT2D eigenvalue weighted by Crippen LogP contribution is 1.94. The number of halogens is 1. The molecule has 0 aliphatic carbocycles. The Bertz CT molecular complexity index is 169. The molecule has 1 aromatic heterocycles. The molecule has 0 N–H and O–H groups in total. The van der Waals surface area contributed by atoms with Crippen LogP contribution in [0.1, 0.15) is 0 Å². The first kappa shape index (κ1) is 6.10. The normalized spacial score (nSPS) is 9.12. The molecule has 0 atom stereocenters. The zero-order valence-corrected chi connectivity index (χ0v) is 6.05. The molecule has 1 nitrogen and oxygen atoms in total. The van der Waals surface area contributed by atoms with Gasteiger partial charge in [0.05, 0.1) is 0 Å². The van der Waals surface area contributed by atoms with Crippen LogP contribution in [0, 0.1) is 0 Å². The molecule has 1 rings (SSSR count). The van der Waals surface area contributed by atoms with Crippen LogP contribution in [0.2, 0.25) is 5.15 Å². The summed E-state index contributed by atoms with van der Waals surface area (Å²) in [6, 6.07) is 3.73. The average Bonchev–Trinajstić information content (AvgIpc) is 1.77. The van der Waals surface area contributed by atoms with E-state index in [2.05, 4.69) is 21.3 Å². The first-order chi connectivity index (χ1) is 3.80. The number of aromatic nitrogens is 1. The van der Waals surface area contributed by atoms with E-state index < -0.39 is 0 Å². The number of hydrogen-bond donors (Lipinski definition) is 0. The van der Waals surface area contributed by atoms with Gasteiger partial charge in [0, 0.05) is 6.20 Å². The Labute approximate surface area is 61.1 Å². The van der Waals surface area contributed by atoms with E-state index in [9.17, 15) is 0 Å². The van der Waals surface area contributed by atoms with Crippen LogP contribution in [0.15, 0.2) is 18.3 Å². The first-order valence-corrected chi connectivity index (χ1v) is 3.12. The molecule has 8 heavy (non-hydrogen) atoms. The van der Waals surface area contributed by atoms with Crippen LogP contribution in [0.5, 0.6) is 0 Å². The summed E-state index contributed by atoms with van der Waals surface area (Å²) in [5, 5.41) is 0.553. The largest absolute Gasteiger partial charge is 0.246 e. The van der Waals surface area contributed by atoms with Gasteiger partial charge < -0.3 is 0 Å². The highest BCUT2D eigenvalue weighted by Gasteiger charge is 1.87. The van der Waals surface area contributed by atoms with Gasteiger partial charge in [-0.2, -0.15) is 0 Å². The number of hydrogen-bond acceptors (Lipinski definition) is 1. The Morgan fingerprint density at radius 2 is 2.38 bits per heavy atom. The molecule has 0 saturated heterocycles. The Balaban J connectivity index is 3.13. The standard InChI is InChI=1S/C5H3ClN.Al/c6-5-3-1-2-4-7-5;/h1-2,4H;. The molecule has 0 saturated carbocycles. The minimum atomic E-state index is 0.553. The molecule has 38 valence electrons. The molecule has 1 aromatic rings. The molecule has 0 unspecified atom stereocenters. The van der Waals surface area contributed by atoms with E-state index in [1.165, 1.54) is 0 Å². The van der Waals surface area contributed by atoms with Crippen LogP contribution >= 0.6 is 11.6 Å². The molecule has 0 amide bonds. The van der Waals surface area contributed by atoms with Crippen molar-refractivity contribution in [1.82, 2.24) is 4.98 Å². The van der Waals surface area contributed by atoms with E-state index in [-0.39, 0.29) is 0 Å². The van der Waals surface area contributed by atoms with Gasteiger partial charge in [-0.05, 0) is 6.07 Å². The van der Waals surface area contributed by atoms with Crippen molar-refractivity contribution in [3.63, 3.8) is 0 Å². The monoisotopic (exact) mass is 139 g/mol. The summed E-state index contributed by atoms with van der Waals surface area (Å²) in [5.41, 5.74) is 0. The maximum absolute atomic E-state index is 5.58. The van der Waals surface area contributed by atoms with Gasteiger partial charge >= 0.3 is 0 Å². The lowest BCUT2D eigenvalue weighted by atomic mass is 10.5. The van der Waals surface area contributed by atoms with Crippen LogP contribution in [-0.4, -0.2) is 21.3 Å². The fourth-order valence-electron chi connectivity index (χ4n) is 0.398. The predicted molar refractivity (Wildman–Crippen MR) is 34.6 cm³/mol. The molecule has 1 heterocycles. The average molecular weight is 140 g/mol. The highest BCUT2D eigenvalue weighted by molar-refractivity contribution is 6.44. The Morgan fingerprint density at radius 1 is 1.62 bits per heavy atom. The summed E-state index contributed by atoms with van der Waals surface area (Å²) >= 11 is 8.07. The van der Waals surface area contributed by atoms with Crippen molar-refractivity contribution in [3.05, 3.63) is 23.5 Å². The summed E-state index contributed by atoms with van der Waals surface area (Å²) in [6.07, 6.45) is 1.66. The fourth-order valence-corrected chi connectivity index (χ4v) is 0.703. The summed E-state index contributed by atoms with van der Waals surface area (Å²) in [4.78, 5) is 3.82. The van der Waals surface area contributed by atoms with E-state index >= 15 is 0 Å². The van der Waals surface area contributed by atoms with E-state index in [4.69, 9.17) is 11.6 Å². The van der Waals surface area contributed by atoms with Crippen molar-refractivity contribution in [3.8, 4) is 0 Å². The molecular formula is C5H3AlClN. The van der Waals surface area contributed by atoms with Crippen LogP contribution in [0.3, 0.4) is 0 Å². The molecule has 0 bridgehead atoms. The molecule has 0 aliphatic rings. The van der Waals surface area contributed by atoms with Gasteiger partial charge in [0.25, 0.3) is 0 Å². The Hall–Kier alpha value is -0.0275. The zero-order valence-electron chi connectivity index (χ0n) is 4.13. The molecule has 0 spiro atoms. The number of nitrogens with zero attached hydrogens (tertiary/aromatic N) is 1. The molecule has 2 radical (unpaired) electrons. The molecule has 0 fully saturated rings. The van der Waals surface area contributed by atoms with E-state index in [0.717, 1.165) is 4.43 Å². The van der Waals surface area contributed by atoms with Gasteiger partial charge in [-0.1, -0.05) is 17.7 Å². The third-order valence-electron chi connectivity index (χ3n) is 0.788. The lowest BCUT2D eigenvalue weighted by Crippen LogP contribution is -2.03. The highest BCUT2D eigenvalue weighted by atomic mass is 35.5. The summed E-state index contributed by atoms with van der Waals surface area (Å²) in [5.74, 6) is 0. The topological polar surface area (TPSA) is 12.9 Å². The van der Waals surface area contributed by atoms with Crippen molar-refractivity contribution in [1.29, 1.82) is 0 Å². The van der Waals surface area contributed by atoms with Gasteiger partial charge in [-0.15, -0.1) is 4.43 Å². The van der Waals surface area contributed by atoms with E-state index in [0.29, 0.717) is 5.15 Å². The minimum absolute atomic E-state index is 0.553. The predicted octanol–water partition coefficient (Wildman–Crippen LogP) is 0.529. The molecule has 3 heteroatoms. The minimum Gasteiger partial charge on any atom is -0.246 e. The zero-order chi connectivity index (χ0) is 5.98. The second kappa shape index (κ2) is 2.50. The van der Waals surface area contributed by atoms with Crippen LogP contribution in [0.25, 0.3) is 0 Å². The van der Waals surface area contributed by atoms with Crippen LogP contribution in [0.4, 0.5) is 0 Å². The molecule has 0 aromatic carbocycles. The number of pyridine rings is 1. The van der Waals surface area contributed by atoms with Crippen LogP contribution in [-0.2, 0) is 0 Å². The van der Waals surface area contributed by atoms with Gasteiger partial charge in [0.15, 0.2) is 16.3 Å². The Morgan fingerprint density at radius 3 is 2.75 bits per heavy atom. The van der Waals surface area contributed by atoms with Crippen molar-refractivity contribution >= 4 is 32.3 Å². The van der Waals surface area contributed by atoms with Crippen molar-refractivity contribution < 1.29 is 0 Å². The quantitative estimate of drug-likeness (QED) is 0.378. The third-order valence-corrected chi connectivity index (χ3v) is 1.75. The Kier molecular flexibility index (Phi) is 1.91. The maximum atomic E-state index is 5.58. The van der Waals surface area contributed by atoms with Gasteiger partial charge in [-0.25, -0.2) is 4.98 Å². The van der Waals surface area contributed by atoms with Gasteiger partial charge in [-0.3, -0.25) is 0 Å². The summed E-state index contributed by atoms with van der Waals surface area (Å²) < 4.78 is 0.939. The maximum Gasteiger partial charge on any atom is 0.180 e. The lowest BCUT2D eigenvalue weighted by Gasteiger charge is -1.91. The van der Waals surface area contributed by atoms with Gasteiger partial charge in [0.1, 0.15) is 5.15 Å². The third kappa shape index (κ3) is 1.23. The second-order valence-electron chi connectivity index (χ2n) is 1.38. The second-order valence-corrected chi connectivity index (χ2v) is 2.36. The van der Waals surface area contributed by atoms with Crippen molar-refractivity contribution in [2.24, 2.45) is 0 Å². The van der Waals surface area contributed by atoms with Crippen molar-refractivity contribution in [2.45, 2.75) is 0 Å². The smallest absolute Gasteiger partial charge is 0.180 e. The van der Waals surface area contributed by atoms with E-state index in [1.807, 2.05) is 12.1 Å². The van der Waals surface area contributed by atoms with Gasteiger partial charge in [0.2, 0.25) is 0 Å². The summed E-state index contributed by atoms with van der Waals surface area (Å²) in [7, 11) is 0. The lowest BCUT2D eigenvalue weighted by molar-refractivity contribution is 1.35. The molecular weight excluding hydrogens is 136 g/mol. The summed E-state index contributed by atoms with van der Waals surface area (Å²) in [6.45, 7) is 0. The fraction of sp³-hybridized carbons (Fsp3) is 0.